The van der Waals surface area contributed by atoms with Gasteiger partial charge in [-0.05, 0) is 12.6 Å². The molecule has 0 unspecified atom stereocenters. The fraction of sp³-hybridized carbons (Fsp3) is 0.267. The predicted molar refractivity (Wildman–Crippen MR) is 82.9 cm³/mol. The standard InChI is InChI=1S/C15H17N5S/c1-19(9-14-11-21-12-16-14)10-15-7-17-18-20(15)8-13-5-3-2-4-6-13/h2-7,11-12H,8-10H2,1H3. The van der Waals surface area contributed by atoms with Crippen molar-refractivity contribution in [1.82, 2.24) is 24.9 Å². The summed E-state index contributed by atoms with van der Waals surface area (Å²) >= 11 is 1.63. The molecule has 0 saturated heterocycles. The third-order valence-electron chi connectivity index (χ3n) is 3.22. The van der Waals surface area contributed by atoms with E-state index >= 15 is 0 Å². The van der Waals surface area contributed by atoms with Gasteiger partial charge in [-0.25, -0.2) is 9.67 Å². The maximum absolute atomic E-state index is 4.31. The second-order valence-electron chi connectivity index (χ2n) is 5.02. The number of rotatable bonds is 6. The van der Waals surface area contributed by atoms with Crippen molar-refractivity contribution in [2.45, 2.75) is 19.6 Å². The lowest BCUT2D eigenvalue weighted by atomic mass is 10.2. The minimum absolute atomic E-state index is 0.751. The summed E-state index contributed by atoms with van der Waals surface area (Å²) in [6, 6.07) is 10.3. The third-order valence-corrected chi connectivity index (χ3v) is 3.86. The number of thiazole rings is 1. The molecule has 0 radical (unpaired) electrons. The van der Waals surface area contributed by atoms with Gasteiger partial charge >= 0.3 is 0 Å². The predicted octanol–water partition coefficient (Wildman–Crippen LogP) is 2.41. The van der Waals surface area contributed by atoms with E-state index in [0.29, 0.717) is 0 Å². The zero-order valence-electron chi connectivity index (χ0n) is 11.9. The molecule has 0 amide bonds. The maximum atomic E-state index is 4.31. The molecule has 1 aromatic carbocycles. The molecule has 0 aliphatic rings. The maximum Gasteiger partial charge on any atom is 0.0795 e. The first-order valence-electron chi connectivity index (χ1n) is 6.78. The SMILES string of the molecule is CN(Cc1cscn1)Cc1cnnn1Cc1ccccc1. The normalized spacial score (nSPS) is 11.1. The Morgan fingerprint density at radius 3 is 2.81 bits per heavy atom. The molecular formula is C15H17N5S. The van der Waals surface area contributed by atoms with Crippen LogP contribution < -0.4 is 0 Å². The highest BCUT2D eigenvalue weighted by molar-refractivity contribution is 7.07. The minimum Gasteiger partial charge on any atom is -0.295 e. The fourth-order valence-electron chi connectivity index (χ4n) is 2.22. The van der Waals surface area contributed by atoms with Crippen molar-refractivity contribution >= 4 is 11.3 Å². The highest BCUT2D eigenvalue weighted by atomic mass is 32.1. The minimum atomic E-state index is 0.751. The Bertz CT molecular complexity index is 662. The molecule has 0 bridgehead atoms. The van der Waals surface area contributed by atoms with Crippen LogP contribution in [-0.2, 0) is 19.6 Å². The van der Waals surface area contributed by atoms with Crippen molar-refractivity contribution < 1.29 is 0 Å². The molecule has 3 rings (SSSR count). The van der Waals surface area contributed by atoms with Gasteiger partial charge in [0.2, 0.25) is 0 Å². The van der Waals surface area contributed by atoms with Crippen molar-refractivity contribution in [1.29, 1.82) is 0 Å². The lowest BCUT2D eigenvalue weighted by Crippen LogP contribution is -2.20. The van der Waals surface area contributed by atoms with E-state index in [1.165, 1.54) is 5.56 Å². The van der Waals surface area contributed by atoms with Crippen LogP contribution in [-0.4, -0.2) is 31.9 Å². The second-order valence-corrected chi connectivity index (χ2v) is 5.74. The average Bonchev–Trinajstić information content (AvgIpc) is 3.13. The molecule has 21 heavy (non-hydrogen) atoms. The monoisotopic (exact) mass is 299 g/mol. The summed E-state index contributed by atoms with van der Waals surface area (Å²) < 4.78 is 1.95. The van der Waals surface area contributed by atoms with E-state index < -0.39 is 0 Å². The van der Waals surface area contributed by atoms with Crippen molar-refractivity contribution in [3.63, 3.8) is 0 Å². The van der Waals surface area contributed by atoms with E-state index in [2.05, 4.69) is 44.8 Å². The molecule has 3 aromatic rings. The Balaban J connectivity index is 1.65. The van der Waals surface area contributed by atoms with E-state index in [0.717, 1.165) is 31.0 Å². The molecule has 6 heteroatoms. The van der Waals surface area contributed by atoms with Gasteiger partial charge in [0.15, 0.2) is 0 Å². The second kappa shape index (κ2) is 6.60. The first kappa shape index (κ1) is 13.9. The van der Waals surface area contributed by atoms with Gasteiger partial charge < -0.3 is 0 Å². The molecule has 0 atom stereocenters. The van der Waals surface area contributed by atoms with Gasteiger partial charge in [0.25, 0.3) is 0 Å². The lowest BCUT2D eigenvalue weighted by molar-refractivity contribution is 0.305. The summed E-state index contributed by atoms with van der Waals surface area (Å²) in [5.74, 6) is 0. The van der Waals surface area contributed by atoms with Gasteiger partial charge in [0, 0.05) is 18.5 Å². The molecule has 2 aromatic heterocycles. The highest BCUT2D eigenvalue weighted by Gasteiger charge is 2.09. The fourth-order valence-corrected chi connectivity index (χ4v) is 2.77. The Labute approximate surface area is 127 Å². The van der Waals surface area contributed by atoms with E-state index in [4.69, 9.17) is 0 Å². The van der Waals surface area contributed by atoms with Gasteiger partial charge in [-0.3, -0.25) is 4.90 Å². The molecular weight excluding hydrogens is 282 g/mol. The number of nitrogens with zero attached hydrogens (tertiary/aromatic N) is 5. The van der Waals surface area contributed by atoms with Crippen LogP contribution in [0.25, 0.3) is 0 Å². The number of aromatic nitrogens is 4. The summed E-state index contributed by atoms with van der Waals surface area (Å²) in [5, 5.41) is 10.3. The molecule has 0 saturated carbocycles. The topological polar surface area (TPSA) is 46.8 Å². The van der Waals surface area contributed by atoms with Crippen LogP contribution in [0.4, 0.5) is 0 Å². The molecule has 0 aliphatic heterocycles. The number of benzene rings is 1. The molecule has 108 valence electrons. The van der Waals surface area contributed by atoms with Crippen molar-refractivity contribution in [3.8, 4) is 0 Å². The quantitative estimate of drug-likeness (QED) is 0.701. The Kier molecular flexibility index (Phi) is 4.37. The van der Waals surface area contributed by atoms with Crippen LogP contribution in [0.5, 0.6) is 0 Å². The van der Waals surface area contributed by atoms with Gasteiger partial charge in [0.05, 0.1) is 29.6 Å². The smallest absolute Gasteiger partial charge is 0.0795 e. The summed E-state index contributed by atoms with van der Waals surface area (Å²) in [5.41, 5.74) is 5.30. The zero-order chi connectivity index (χ0) is 14.5. The Morgan fingerprint density at radius 1 is 1.19 bits per heavy atom. The van der Waals surface area contributed by atoms with E-state index in [1.807, 2.05) is 34.6 Å². The van der Waals surface area contributed by atoms with E-state index in [1.54, 1.807) is 11.3 Å². The van der Waals surface area contributed by atoms with Crippen LogP contribution in [0.15, 0.2) is 47.4 Å². The molecule has 0 fully saturated rings. The van der Waals surface area contributed by atoms with Crippen LogP contribution >= 0.6 is 11.3 Å². The van der Waals surface area contributed by atoms with Crippen molar-refractivity contribution in [3.05, 3.63) is 64.4 Å². The van der Waals surface area contributed by atoms with Gasteiger partial charge in [-0.2, -0.15) is 0 Å². The summed E-state index contributed by atoms with van der Waals surface area (Å²) in [4.78, 5) is 6.53. The van der Waals surface area contributed by atoms with Crippen LogP contribution in [0, 0.1) is 0 Å². The van der Waals surface area contributed by atoms with Crippen molar-refractivity contribution in [2.75, 3.05) is 7.05 Å². The van der Waals surface area contributed by atoms with Crippen LogP contribution in [0.3, 0.4) is 0 Å². The molecule has 0 spiro atoms. The first-order valence-corrected chi connectivity index (χ1v) is 7.72. The Morgan fingerprint density at radius 2 is 2.05 bits per heavy atom. The van der Waals surface area contributed by atoms with E-state index in [9.17, 15) is 0 Å². The highest BCUT2D eigenvalue weighted by Crippen LogP contribution is 2.09. The molecule has 2 heterocycles. The summed E-state index contributed by atoms with van der Waals surface area (Å²) in [7, 11) is 2.08. The average molecular weight is 299 g/mol. The molecule has 0 aliphatic carbocycles. The Hall–Kier alpha value is -2.05. The number of hydrogen-bond acceptors (Lipinski definition) is 5. The largest absolute Gasteiger partial charge is 0.295 e. The zero-order valence-corrected chi connectivity index (χ0v) is 12.7. The first-order chi connectivity index (χ1) is 10.3. The third kappa shape index (κ3) is 3.74. The van der Waals surface area contributed by atoms with Crippen LogP contribution in [0.1, 0.15) is 17.0 Å². The van der Waals surface area contributed by atoms with Crippen LogP contribution in [0.2, 0.25) is 0 Å². The summed E-state index contributed by atoms with van der Waals surface area (Å²) in [6.07, 6.45) is 1.83. The van der Waals surface area contributed by atoms with Gasteiger partial charge in [-0.1, -0.05) is 35.5 Å². The van der Waals surface area contributed by atoms with E-state index in [-0.39, 0.29) is 0 Å². The van der Waals surface area contributed by atoms with Gasteiger partial charge in [0.1, 0.15) is 0 Å². The van der Waals surface area contributed by atoms with Gasteiger partial charge in [-0.15, -0.1) is 16.4 Å². The summed E-state index contributed by atoms with van der Waals surface area (Å²) in [6.45, 7) is 2.39. The molecule has 0 N–H and O–H groups in total. The number of hydrogen-bond donors (Lipinski definition) is 0. The van der Waals surface area contributed by atoms with Crippen molar-refractivity contribution in [2.24, 2.45) is 0 Å². The lowest BCUT2D eigenvalue weighted by Gasteiger charge is -2.15. The molecule has 5 nitrogen and oxygen atoms in total.